The highest BCUT2D eigenvalue weighted by Crippen LogP contribution is 2.27. The minimum absolute atomic E-state index is 0.167. The second kappa shape index (κ2) is 6.70. The van der Waals surface area contributed by atoms with Crippen LogP contribution in [0, 0.1) is 0 Å². The van der Waals surface area contributed by atoms with Gasteiger partial charge in [0.25, 0.3) is 0 Å². The van der Waals surface area contributed by atoms with Gasteiger partial charge in [-0.15, -0.1) is 0 Å². The monoisotopic (exact) mass is 178 g/mol. The molecular formula is C5H6O3S2. The summed E-state index contributed by atoms with van der Waals surface area (Å²) in [6, 6.07) is 0. The first-order valence-corrected chi connectivity index (χ1v) is 4.77. The van der Waals surface area contributed by atoms with Crippen molar-refractivity contribution >= 4 is 33.8 Å². The van der Waals surface area contributed by atoms with E-state index in [4.69, 9.17) is 14.7 Å². The highest BCUT2D eigenvalue weighted by Gasteiger charge is 1.85. The van der Waals surface area contributed by atoms with Gasteiger partial charge in [-0.1, -0.05) is 27.7 Å². The Morgan fingerprint density at radius 3 is 2.40 bits per heavy atom. The van der Waals surface area contributed by atoms with Gasteiger partial charge in [0.2, 0.25) is 6.29 Å². The van der Waals surface area contributed by atoms with Crippen LogP contribution in [-0.4, -0.2) is 23.1 Å². The van der Waals surface area contributed by atoms with Crippen LogP contribution in [0.1, 0.15) is 0 Å². The minimum Gasteiger partial charge on any atom is -0.476 e. The molecule has 0 atom stereocenters. The van der Waals surface area contributed by atoms with Crippen molar-refractivity contribution in [2.24, 2.45) is 0 Å². The third-order valence-corrected chi connectivity index (χ3v) is 2.40. The van der Waals surface area contributed by atoms with E-state index in [-0.39, 0.29) is 6.29 Å². The summed E-state index contributed by atoms with van der Waals surface area (Å²) in [4.78, 5) is 17.9. The second-order valence-corrected chi connectivity index (χ2v) is 3.53. The van der Waals surface area contributed by atoms with Crippen molar-refractivity contribution in [2.45, 2.75) is 0 Å². The first-order chi connectivity index (χ1) is 4.77. The first-order valence-electron chi connectivity index (χ1n) is 2.38. The van der Waals surface area contributed by atoms with E-state index in [1.807, 2.05) is 21.6 Å². The Morgan fingerprint density at radius 2 is 2.30 bits per heavy atom. The molecule has 0 aromatic carbocycles. The smallest absolute Gasteiger partial charge is 0.368 e. The number of hydrogen-bond donors (Lipinski definition) is 1. The molecule has 0 saturated carbocycles. The first kappa shape index (κ1) is 9.58. The van der Waals surface area contributed by atoms with Crippen LogP contribution < -0.4 is 0 Å². The van der Waals surface area contributed by atoms with E-state index in [2.05, 4.69) is 11.5 Å². The van der Waals surface area contributed by atoms with E-state index in [0.717, 1.165) is 0 Å². The molecule has 0 aliphatic carbocycles. The maximum atomic E-state index is 9.00. The zero-order valence-corrected chi connectivity index (χ0v) is 6.65. The molecule has 0 amide bonds. The molecule has 1 N–H and O–H groups in total. The highest BCUT2D eigenvalue weighted by molar-refractivity contribution is 8.78. The van der Waals surface area contributed by atoms with Crippen molar-refractivity contribution < 1.29 is 14.7 Å². The average Bonchev–Trinajstić information content (AvgIpc) is 2.43. The number of rotatable bonds is 1. The fourth-order valence-electron chi connectivity index (χ4n) is 0.196. The van der Waals surface area contributed by atoms with Crippen molar-refractivity contribution in [3.05, 3.63) is 11.5 Å². The number of carboxylic acid groups (broad SMARTS) is 1. The molecule has 0 spiro atoms. The Labute approximate surface area is 66.3 Å². The zero-order chi connectivity index (χ0) is 7.82. The largest absolute Gasteiger partial charge is 0.476 e. The molecule has 1 aliphatic heterocycles. The molecule has 3 nitrogen and oxygen atoms in total. The van der Waals surface area contributed by atoms with E-state index in [9.17, 15) is 0 Å². The van der Waals surface area contributed by atoms with Gasteiger partial charge in [-0.3, -0.25) is 4.79 Å². The number of aliphatic carboxylic acids is 1. The number of carbonyl (C=O) groups excluding carboxylic acids is 1. The Kier molecular flexibility index (Phi) is 6.42. The van der Waals surface area contributed by atoms with Gasteiger partial charge in [0.05, 0.1) is 0 Å². The summed E-state index contributed by atoms with van der Waals surface area (Å²) in [7, 11) is 3.69. The molecule has 1 heterocycles. The normalized spacial score (nSPS) is 13.6. The predicted molar refractivity (Wildman–Crippen MR) is 42.9 cm³/mol. The van der Waals surface area contributed by atoms with Crippen molar-refractivity contribution in [3.63, 3.8) is 0 Å². The van der Waals surface area contributed by atoms with Gasteiger partial charge in [-0.2, -0.15) is 0 Å². The van der Waals surface area contributed by atoms with Crippen LogP contribution in [-0.2, 0) is 9.59 Å². The van der Waals surface area contributed by atoms with Gasteiger partial charge in [-0.05, 0) is 5.41 Å². The number of aldehydes is 1. The average molecular weight is 178 g/mol. The van der Waals surface area contributed by atoms with Crippen LogP contribution >= 0.6 is 21.6 Å². The van der Waals surface area contributed by atoms with Gasteiger partial charge in [0.15, 0.2) is 0 Å². The third-order valence-electron chi connectivity index (χ3n) is 0.485. The quantitative estimate of drug-likeness (QED) is 0.371. The lowest BCUT2D eigenvalue weighted by molar-refractivity contribution is -0.143. The van der Waals surface area contributed by atoms with E-state index >= 15 is 0 Å². The van der Waals surface area contributed by atoms with Crippen LogP contribution in [0.2, 0.25) is 0 Å². The fourth-order valence-corrected chi connectivity index (χ4v) is 1.77. The zero-order valence-electron chi connectivity index (χ0n) is 5.02. The van der Waals surface area contributed by atoms with Gasteiger partial charge >= 0.3 is 5.97 Å². The van der Waals surface area contributed by atoms with Crippen LogP contribution in [0.4, 0.5) is 0 Å². The summed E-state index contributed by atoms with van der Waals surface area (Å²) in [6.07, 6.45) is 2.00. The highest BCUT2D eigenvalue weighted by atomic mass is 33.1. The minimum atomic E-state index is -1.43. The molecule has 0 aromatic heterocycles. The molecule has 56 valence electrons. The number of carbonyl (C=O) groups is 2. The molecule has 0 radical (unpaired) electrons. The lowest BCUT2D eigenvalue weighted by Gasteiger charge is -1.69. The standard InChI is InChI=1S/C3H4S2.C2H2O3/c1-2-4-5-3-1;3-1-2(4)5/h1-2H,3H2;1H,(H,4,5). The maximum Gasteiger partial charge on any atom is 0.368 e. The lowest BCUT2D eigenvalue weighted by Crippen LogP contribution is -1.91. The summed E-state index contributed by atoms with van der Waals surface area (Å²) < 4.78 is 0. The Morgan fingerprint density at radius 1 is 1.70 bits per heavy atom. The predicted octanol–water partition coefficient (Wildman–Crippen LogP) is 1.16. The van der Waals surface area contributed by atoms with Gasteiger partial charge in [0.1, 0.15) is 0 Å². The van der Waals surface area contributed by atoms with E-state index in [1.54, 1.807) is 0 Å². The van der Waals surface area contributed by atoms with Gasteiger partial charge in [-0.25, -0.2) is 4.79 Å². The lowest BCUT2D eigenvalue weighted by atomic mass is 10.8. The molecule has 0 bridgehead atoms. The number of carboxylic acids is 1. The van der Waals surface area contributed by atoms with Crippen LogP contribution in [0.15, 0.2) is 11.5 Å². The molecule has 0 fully saturated rings. The summed E-state index contributed by atoms with van der Waals surface area (Å²) in [5.41, 5.74) is 0. The summed E-state index contributed by atoms with van der Waals surface area (Å²) in [5, 5.41) is 9.47. The third kappa shape index (κ3) is 7.58. The van der Waals surface area contributed by atoms with Crippen molar-refractivity contribution in [1.29, 1.82) is 0 Å². The Hall–Kier alpha value is -0.420. The molecule has 5 heteroatoms. The Balaban J connectivity index is 0.000000162. The van der Waals surface area contributed by atoms with E-state index < -0.39 is 5.97 Å². The summed E-state index contributed by atoms with van der Waals surface area (Å²) in [6.45, 7) is 0. The van der Waals surface area contributed by atoms with Crippen LogP contribution in [0.3, 0.4) is 0 Å². The fraction of sp³-hybridized carbons (Fsp3) is 0.200. The maximum absolute atomic E-state index is 9.00. The van der Waals surface area contributed by atoms with Crippen molar-refractivity contribution in [1.82, 2.24) is 0 Å². The van der Waals surface area contributed by atoms with E-state index in [0.29, 0.717) is 0 Å². The van der Waals surface area contributed by atoms with Gasteiger partial charge in [0, 0.05) is 5.75 Å². The number of hydrogen-bond acceptors (Lipinski definition) is 4. The van der Waals surface area contributed by atoms with Crippen molar-refractivity contribution in [2.75, 3.05) is 5.75 Å². The Bertz CT molecular complexity index is 138. The SMILES string of the molecule is C1=CSSC1.O=CC(=O)O. The van der Waals surface area contributed by atoms with Crippen LogP contribution in [0.5, 0.6) is 0 Å². The molecule has 1 aliphatic rings. The van der Waals surface area contributed by atoms with Gasteiger partial charge < -0.3 is 5.11 Å². The molecule has 10 heavy (non-hydrogen) atoms. The molecule has 0 unspecified atom stereocenters. The van der Waals surface area contributed by atoms with Crippen molar-refractivity contribution in [3.8, 4) is 0 Å². The second-order valence-electron chi connectivity index (χ2n) is 1.21. The summed E-state index contributed by atoms with van der Waals surface area (Å²) >= 11 is 0. The van der Waals surface area contributed by atoms with E-state index in [1.165, 1.54) is 5.75 Å². The van der Waals surface area contributed by atoms with Crippen LogP contribution in [0.25, 0.3) is 0 Å². The molecular weight excluding hydrogens is 172 g/mol. The molecule has 1 rings (SSSR count). The summed E-state index contributed by atoms with van der Waals surface area (Å²) in [5.74, 6) is -0.227. The molecule has 0 aromatic rings. The topological polar surface area (TPSA) is 54.4 Å². The molecule has 0 saturated heterocycles.